The highest BCUT2D eigenvalue weighted by Crippen LogP contribution is 2.29. The monoisotopic (exact) mass is 267 g/mol. The standard InChI is InChI=1S/C11H10BrNO2/c1-7-3-2-5-13-9(7)10(14)11-8(12)4-6-15-11/h2-6,10,14H,1H3. The first kappa shape index (κ1) is 10.4. The van der Waals surface area contributed by atoms with E-state index >= 15 is 0 Å². The number of pyridine rings is 1. The van der Waals surface area contributed by atoms with Gasteiger partial charge in [-0.2, -0.15) is 0 Å². The molecule has 0 radical (unpaired) electrons. The molecule has 78 valence electrons. The second-order valence-corrected chi connectivity index (χ2v) is 4.10. The zero-order valence-electron chi connectivity index (χ0n) is 8.14. The molecule has 1 atom stereocenters. The van der Waals surface area contributed by atoms with Crippen molar-refractivity contribution in [1.82, 2.24) is 4.98 Å². The molecule has 0 bridgehead atoms. The predicted molar refractivity (Wildman–Crippen MR) is 59.4 cm³/mol. The van der Waals surface area contributed by atoms with E-state index in [1.54, 1.807) is 12.3 Å². The number of aliphatic hydroxyl groups excluding tert-OH is 1. The van der Waals surface area contributed by atoms with E-state index in [0.29, 0.717) is 11.5 Å². The highest BCUT2D eigenvalue weighted by atomic mass is 79.9. The van der Waals surface area contributed by atoms with Crippen LogP contribution in [-0.4, -0.2) is 10.1 Å². The van der Waals surface area contributed by atoms with Crippen LogP contribution in [0.25, 0.3) is 0 Å². The third-order valence-electron chi connectivity index (χ3n) is 2.20. The molecular formula is C11H10BrNO2. The largest absolute Gasteiger partial charge is 0.465 e. The molecule has 1 unspecified atom stereocenters. The molecule has 2 rings (SSSR count). The van der Waals surface area contributed by atoms with Crippen molar-refractivity contribution in [3.63, 3.8) is 0 Å². The van der Waals surface area contributed by atoms with Crippen LogP contribution >= 0.6 is 15.9 Å². The van der Waals surface area contributed by atoms with E-state index < -0.39 is 6.10 Å². The number of halogens is 1. The number of hydrogen-bond donors (Lipinski definition) is 1. The molecule has 3 nitrogen and oxygen atoms in total. The summed E-state index contributed by atoms with van der Waals surface area (Å²) >= 11 is 3.31. The lowest BCUT2D eigenvalue weighted by molar-refractivity contribution is 0.183. The number of rotatable bonds is 2. The maximum absolute atomic E-state index is 10.1. The van der Waals surface area contributed by atoms with Gasteiger partial charge >= 0.3 is 0 Å². The second-order valence-electron chi connectivity index (χ2n) is 3.24. The summed E-state index contributed by atoms with van der Waals surface area (Å²) in [5, 5.41) is 10.1. The summed E-state index contributed by atoms with van der Waals surface area (Å²) < 4.78 is 5.95. The third kappa shape index (κ3) is 1.96. The Morgan fingerprint density at radius 2 is 2.27 bits per heavy atom. The lowest BCUT2D eigenvalue weighted by Crippen LogP contribution is -2.03. The van der Waals surface area contributed by atoms with E-state index in [4.69, 9.17) is 4.42 Å². The van der Waals surface area contributed by atoms with Crippen LogP contribution in [0.1, 0.15) is 23.1 Å². The smallest absolute Gasteiger partial charge is 0.155 e. The Hall–Kier alpha value is -1.13. The van der Waals surface area contributed by atoms with Crippen molar-refractivity contribution in [3.8, 4) is 0 Å². The average molecular weight is 268 g/mol. The van der Waals surface area contributed by atoms with E-state index in [9.17, 15) is 5.11 Å². The van der Waals surface area contributed by atoms with Gasteiger partial charge in [-0.25, -0.2) is 0 Å². The summed E-state index contributed by atoms with van der Waals surface area (Å²) in [5.74, 6) is 0.483. The normalized spacial score (nSPS) is 12.7. The van der Waals surface area contributed by atoms with Crippen LogP contribution in [0.4, 0.5) is 0 Å². The first-order valence-corrected chi connectivity index (χ1v) is 5.32. The number of furan rings is 1. The zero-order chi connectivity index (χ0) is 10.8. The first-order chi connectivity index (χ1) is 7.20. The van der Waals surface area contributed by atoms with Crippen LogP contribution in [0.3, 0.4) is 0 Å². The van der Waals surface area contributed by atoms with Crippen LogP contribution in [-0.2, 0) is 0 Å². The van der Waals surface area contributed by atoms with Crippen molar-refractivity contribution >= 4 is 15.9 Å². The molecule has 0 aromatic carbocycles. The molecule has 15 heavy (non-hydrogen) atoms. The molecule has 0 aliphatic rings. The lowest BCUT2D eigenvalue weighted by atomic mass is 10.1. The summed E-state index contributed by atoms with van der Waals surface area (Å²) in [7, 11) is 0. The molecule has 2 aromatic rings. The number of hydrogen-bond acceptors (Lipinski definition) is 3. The molecule has 2 heterocycles. The Morgan fingerprint density at radius 3 is 2.87 bits per heavy atom. The lowest BCUT2D eigenvalue weighted by Gasteiger charge is -2.10. The zero-order valence-corrected chi connectivity index (χ0v) is 9.73. The fourth-order valence-electron chi connectivity index (χ4n) is 1.41. The number of aromatic nitrogens is 1. The predicted octanol–water partition coefficient (Wildman–Crippen LogP) is 2.83. The Kier molecular flexibility index (Phi) is 2.88. The number of nitrogens with zero attached hydrogens (tertiary/aromatic N) is 1. The van der Waals surface area contributed by atoms with E-state index in [1.807, 2.05) is 19.1 Å². The van der Waals surface area contributed by atoms with E-state index in [2.05, 4.69) is 20.9 Å². The molecule has 0 aliphatic carbocycles. The Labute approximate surface area is 95.9 Å². The van der Waals surface area contributed by atoms with Crippen molar-refractivity contribution < 1.29 is 9.52 Å². The molecular weight excluding hydrogens is 258 g/mol. The summed E-state index contributed by atoms with van der Waals surface area (Å²) in [6, 6.07) is 5.49. The van der Waals surface area contributed by atoms with Gasteiger partial charge in [0, 0.05) is 6.20 Å². The minimum atomic E-state index is -0.824. The maximum atomic E-state index is 10.1. The molecule has 0 spiro atoms. The number of aryl methyl sites for hydroxylation is 1. The van der Waals surface area contributed by atoms with Gasteiger partial charge in [-0.3, -0.25) is 4.98 Å². The minimum Gasteiger partial charge on any atom is -0.465 e. The highest BCUT2D eigenvalue weighted by molar-refractivity contribution is 9.10. The minimum absolute atomic E-state index is 0.483. The molecule has 0 saturated heterocycles. The van der Waals surface area contributed by atoms with Crippen LogP contribution in [0.15, 0.2) is 39.5 Å². The molecule has 1 N–H and O–H groups in total. The van der Waals surface area contributed by atoms with Gasteiger partial charge in [0.1, 0.15) is 0 Å². The van der Waals surface area contributed by atoms with Gasteiger partial charge < -0.3 is 9.52 Å². The van der Waals surface area contributed by atoms with Crippen molar-refractivity contribution in [3.05, 3.63) is 52.1 Å². The average Bonchev–Trinajstić information content (AvgIpc) is 2.64. The molecule has 2 aromatic heterocycles. The van der Waals surface area contributed by atoms with Gasteiger partial charge in [0.05, 0.1) is 16.4 Å². The van der Waals surface area contributed by atoms with Crippen molar-refractivity contribution in [2.75, 3.05) is 0 Å². The van der Waals surface area contributed by atoms with Gasteiger partial charge in [-0.15, -0.1) is 0 Å². The van der Waals surface area contributed by atoms with Crippen molar-refractivity contribution in [1.29, 1.82) is 0 Å². The van der Waals surface area contributed by atoms with Crippen LogP contribution in [0.5, 0.6) is 0 Å². The van der Waals surface area contributed by atoms with Gasteiger partial charge in [-0.05, 0) is 40.5 Å². The van der Waals surface area contributed by atoms with Crippen LogP contribution in [0.2, 0.25) is 0 Å². The quantitative estimate of drug-likeness (QED) is 0.910. The number of aliphatic hydroxyl groups is 1. The van der Waals surface area contributed by atoms with Gasteiger partial charge in [-0.1, -0.05) is 6.07 Å². The Morgan fingerprint density at radius 1 is 1.47 bits per heavy atom. The van der Waals surface area contributed by atoms with Gasteiger partial charge in [0.2, 0.25) is 0 Å². The Bertz CT molecular complexity index is 467. The van der Waals surface area contributed by atoms with E-state index in [1.165, 1.54) is 6.26 Å². The van der Waals surface area contributed by atoms with Crippen molar-refractivity contribution in [2.45, 2.75) is 13.0 Å². The van der Waals surface area contributed by atoms with E-state index in [-0.39, 0.29) is 0 Å². The maximum Gasteiger partial charge on any atom is 0.155 e. The first-order valence-electron chi connectivity index (χ1n) is 4.52. The summed E-state index contributed by atoms with van der Waals surface area (Å²) in [4.78, 5) is 4.14. The van der Waals surface area contributed by atoms with Crippen LogP contribution < -0.4 is 0 Å². The summed E-state index contributed by atoms with van der Waals surface area (Å²) in [6.07, 6.45) is 2.36. The molecule has 4 heteroatoms. The summed E-state index contributed by atoms with van der Waals surface area (Å²) in [5.41, 5.74) is 1.56. The van der Waals surface area contributed by atoms with E-state index in [0.717, 1.165) is 10.0 Å². The third-order valence-corrected chi connectivity index (χ3v) is 2.86. The molecule has 0 amide bonds. The fraction of sp³-hybridized carbons (Fsp3) is 0.182. The fourth-order valence-corrected chi connectivity index (χ4v) is 1.83. The highest BCUT2D eigenvalue weighted by Gasteiger charge is 2.19. The molecule has 0 saturated carbocycles. The molecule has 0 aliphatic heterocycles. The second kappa shape index (κ2) is 4.16. The van der Waals surface area contributed by atoms with Gasteiger partial charge in [0.25, 0.3) is 0 Å². The summed E-state index contributed by atoms with van der Waals surface area (Å²) in [6.45, 7) is 1.91. The molecule has 0 fully saturated rings. The topological polar surface area (TPSA) is 46.3 Å². The Balaban J connectivity index is 2.41. The SMILES string of the molecule is Cc1cccnc1C(O)c1occc1Br. The van der Waals surface area contributed by atoms with Gasteiger partial charge in [0.15, 0.2) is 11.9 Å². The van der Waals surface area contributed by atoms with Crippen LogP contribution in [0, 0.1) is 6.92 Å². The van der Waals surface area contributed by atoms with Crippen molar-refractivity contribution in [2.24, 2.45) is 0 Å².